The maximum atomic E-state index is 12.9. The van der Waals surface area contributed by atoms with E-state index >= 15 is 0 Å². The van der Waals surface area contributed by atoms with Crippen molar-refractivity contribution >= 4 is 17.3 Å². The van der Waals surface area contributed by atoms with Gasteiger partial charge < -0.3 is 10.2 Å². The molecule has 1 fully saturated rings. The zero-order valence-electron chi connectivity index (χ0n) is 15.7. The van der Waals surface area contributed by atoms with Gasteiger partial charge in [-0.15, -0.1) is 0 Å². The quantitative estimate of drug-likeness (QED) is 0.725. The van der Waals surface area contributed by atoms with Crippen molar-refractivity contribution in [1.29, 1.82) is 0 Å². The zero-order valence-corrected chi connectivity index (χ0v) is 15.7. The third kappa shape index (κ3) is 5.65. The molecule has 1 aliphatic heterocycles. The highest BCUT2D eigenvalue weighted by Gasteiger charge is 2.37. The molecule has 1 N–H and O–H groups in total. The normalized spacial score (nSPS) is 15.9. The number of nitrogens with zero attached hydrogens (tertiary/aromatic N) is 2. The van der Waals surface area contributed by atoms with Crippen molar-refractivity contribution in [3.63, 3.8) is 0 Å². The number of benzene rings is 2. The molecular weight excluding hydrogens is 412 g/mol. The fourth-order valence-electron chi connectivity index (χ4n) is 3.23. The minimum atomic E-state index is -4.96. The van der Waals surface area contributed by atoms with Gasteiger partial charge in [0.05, 0.1) is 17.7 Å². The van der Waals surface area contributed by atoms with Gasteiger partial charge in [0, 0.05) is 37.6 Å². The summed E-state index contributed by atoms with van der Waals surface area (Å²) in [7, 11) is 0. The second-order valence-corrected chi connectivity index (χ2v) is 6.94. The van der Waals surface area contributed by atoms with Crippen LogP contribution in [-0.2, 0) is 17.1 Å². The fraction of sp³-hybridized carbons (Fsp3) is 0.350. The summed E-state index contributed by atoms with van der Waals surface area (Å²) in [5, 5.41) is 2.16. The molecule has 0 saturated carbocycles. The van der Waals surface area contributed by atoms with E-state index in [2.05, 4.69) is 10.2 Å². The minimum absolute atomic E-state index is 0.0262. The van der Waals surface area contributed by atoms with Crippen molar-refractivity contribution in [2.45, 2.75) is 12.4 Å². The molecule has 4 nitrogen and oxygen atoms in total. The Morgan fingerprint density at radius 1 is 0.833 bits per heavy atom. The van der Waals surface area contributed by atoms with E-state index in [0.717, 1.165) is 5.69 Å². The van der Waals surface area contributed by atoms with Crippen LogP contribution in [0.2, 0.25) is 0 Å². The van der Waals surface area contributed by atoms with Crippen LogP contribution in [0.1, 0.15) is 11.1 Å². The summed E-state index contributed by atoms with van der Waals surface area (Å²) in [6.45, 7) is 2.26. The summed E-state index contributed by atoms with van der Waals surface area (Å²) in [6, 6.07) is 10.7. The molecule has 0 atom stereocenters. The lowest BCUT2D eigenvalue weighted by Crippen LogP contribution is -2.48. The highest BCUT2D eigenvalue weighted by Crippen LogP contribution is 2.37. The molecule has 0 aliphatic carbocycles. The van der Waals surface area contributed by atoms with E-state index in [0.29, 0.717) is 38.3 Å². The first-order valence-electron chi connectivity index (χ1n) is 9.14. The molecule has 1 amide bonds. The van der Waals surface area contributed by atoms with Crippen LogP contribution in [0.15, 0.2) is 48.5 Å². The van der Waals surface area contributed by atoms with Crippen molar-refractivity contribution in [3.8, 4) is 0 Å². The second-order valence-electron chi connectivity index (χ2n) is 6.94. The Morgan fingerprint density at radius 2 is 1.37 bits per heavy atom. The van der Waals surface area contributed by atoms with Crippen LogP contribution in [-0.4, -0.2) is 43.5 Å². The predicted octanol–water partition coefficient (Wildman–Crippen LogP) is 4.48. The Morgan fingerprint density at radius 3 is 1.87 bits per heavy atom. The van der Waals surface area contributed by atoms with Crippen LogP contribution in [0.25, 0.3) is 0 Å². The number of carbonyl (C=O) groups is 1. The van der Waals surface area contributed by atoms with Crippen molar-refractivity contribution in [1.82, 2.24) is 4.90 Å². The average molecular weight is 431 g/mol. The van der Waals surface area contributed by atoms with E-state index in [9.17, 15) is 31.1 Å². The van der Waals surface area contributed by atoms with Crippen LogP contribution in [0.5, 0.6) is 0 Å². The van der Waals surface area contributed by atoms with Crippen molar-refractivity contribution < 1.29 is 31.1 Å². The van der Waals surface area contributed by atoms with Gasteiger partial charge in [0.15, 0.2) is 0 Å². The molecule has 1 heterocycles. The van der Waals surface area contributed by atoms with Gasteiger partial charge in [-0.2, -0.15) is 26.3 Å². The molecule has 0 radical (unpaired) electrons. The number of alkyl halides is 6. The van der Waals surface area contributed by atoms with Crippen molar-refractivity contribution in [2.24, 2.45) is 0 Å². The first kappa shape index (κ1) is 21.9. The summed E-state index contributed by atoms with van der Waals surface area (Å²) >= 11 is 0. The molecule has 3 rings (SSSR count). The molecule has 30 heavy (non-hydrogen) atoms. The maximum Gasteiger partial charge on any atom is 0.416 e. The molecule has 1 aliphatic rings. The average Bonchev–Trinajstić information content (AvgIpc) is 2.67. The van der Waals surface area contributed by atoms with E-state index in [4.69, 9.17) is 0 Å². The van der Waals surface area contributed by atoms with E-state index < -0.39 is 35.1 Å². The number of hydrogen-bond donors (Lipinski definition) is 1. The van der Waals surface area contributed by atoms with Crippen LogP contribution in [0.4, 0.5) is 37.7 Å². The Balaban J connectivity index is 1.62. The molecule has 10 heteroatoms. The standard InChI is InChI=1S/C20H19F6N3O/c21-19(22,23)14-10-15(20(24,25)26)12-16(11-14)27-18(30)13-28-6-8-29(9-7-28)17-4-2-1-3-5-17/h1-5,10-12H,6-9,13H2,(H,27,30). The van der Waals surface area contributed by atoms with Crippen molar-refractivity contribution in [2.75, 3.05) is 42.9 Å². The molecule has 1 saturated heterocycles. The molecule has 2 aromatic rings. The van der Waals surface area contributed by atoms with E-state index in [1.807, 2.05) is 30.3 Å². The number of para-hydroxylation sites is 1. The van der Waals surface area contributed by atoms with Gasteiger partial charge in [0.1, 0.15) is 0 Å². The smallest absolute Gasteiger partial charge is 0.369 e. The molecule has 0 unspecified atom stereocenters. The number of nitrogens with one attached hydrogen (secondary N) is 1. The first-order chi connectivity index (χ1) is 14.0. The van der Waals surface area contributed by atoms with Gasteiger partial charge >= 0.3 is 12.4 Å². The largest absolute Gasteiger partial charge is 0.416 e. The minimum Gasteiger partial charge on any atom is -0.369 e. The first-order valence-corrected chi connectivity index (χ1v) is 9.14. The highest BCUT2D eigenvalue weighted by atomic mass is 19.4. The molecule has 0 bridgehead atoms. The van der Waals surface area contributed by atoms with E-state index in [1.54, 1.807) is 4.90 Å². The maximum absolute atomic E-state index is 12.9. The van der Waals surface area contributed by atoms with Crippen LogP contribution < -0.4 is 10.2 Å². The van der Waals surface area contributed by atoms with Crippen LogP contribution in [0, 0.1) is 0 Å². The van der Waals surface area contributed by atoms with Crippen molar-refractivity contribution in [3.05, 3.63) is 59.7 Å². The molecule has 162 valence electrons. The topological polar surface area (TPSA) is 35.6 Å². The van der Waals surface area contributed by atoms with Gasteiger partial charge in [-0.1, -0.05) is 18.2 Å². The lowest BCUT2D eigenvalue weighted by molar-refractivity contribution is -0.143. The van der Waals surface area contributed by atoms with Gasteiger partial charge in [0.2, 0.25) is 5.91 Å². The lowest BCUT2D eigenvalue weighted by Gasteiger charge is -2.35. The van der Waals surface area contributed by atoms with Gasteiger partial charge in [-0.05, 0) is 30.3 Å². The zero-order chi connectivity index (χ0) is 21.9. The summed E-state index contributed by atoms with van der Waals surface area (Å²) < 4.78 is 77.6. The van der Waals surface area contributed by atoms with Gasteiger partial charge in [-0.3, -0.25) is 9.69 Å². The number of halogens is 6. The van der Waals surface area contributed by atoms with E-state index in [-0.39, 0.29) is 12.6 Å². The van der Waals surface area contributed by atoms with Gasteiger partial charge in [-0.25, -0.2) is 0 Å². The number of carbonyl (C=O) groups excluding carboxylic acids is 1. The number of anilines is 2. The number of amides is 1. The highest BCUT2D eigenvalue weighted by molar-refractivity contribution is 5.92. The van der Waals surface area contributed by atoms with Crippen LogP contribution >= 0.6 is 0 Å². The summed E-state index contributed by atoms with van der Waals surface area (Å²) in [6.07, 6.45) is -9.93. The molecular formula is C20H19F6N3O. The second kappa shape index (κ2) is 8.55. The summed E-state index contributed by atoms with van der Waals surface area (Å²) in [4.78, 5) is 16.2. The third-order valence-electron chi connectivity index (χ3n) is 4.73. The summed E-state index contributed by atoms with van der Waals surface area (Å²) in [5.41, 5.74) is -2.43. The van der Waals surface area contributed by atoms with Crippen LogP contribution in [0.3, 0.4) is 0 Å². The number of hydrogen-bond acceptors (Lipinski definition) is 3. The monoisotopic (exact) mass is 431 g/mol. The SMILES string of the molecule is O=C(CN1CCN(c2ccccc2)CC1)Nc1cc(C(F)(F)F)cc(C(F)(F)F)c1. The summed E-state index contributed by atoms with van der Waals surface area (Å²) in [5.74, 6) is -0.671. The third-order valence-corrected chi connectivity index (χ3v) is 4.73. The Kier molecular flexibility index (Phi) is 6.25. The number of piperazine rings is 1. The lowest BCUT2D eigenvalue weighted by atomic mass is 10.1. The van der Waals surface area contributed by atoms with Gasteiger partial charge in [0.25, 0.3) is 0 Å². The fourth-order valence-corrected chi connectivity index (χ4v) is 3.23. The molecule has 0 spiro atoms. The Bertz CT molecular complexity index is 842. The van der Waals surface area contributed by atoms with E-state index in [1.165, 1.54) is 0 Å². The molecule has 0 aromatic heterocycles. The Hall–Kier alpha value is -2.75. The Labute approximate surface area is 169 Å². The number of rotatable bonds is 4. The molecule has 2 aromatic carbocycles. The predicted molar refractivity (Wildman–Crippen MR) is 100 cm³/mol.